The minimum Gasteiger partial charge on any atom is -0.493 e. The van der Waals surface area contributed by atoms with Crippen molar-refractivity contribution in [2.24, 2.45) is 0 Å². The maximum Gasteiger partial charge on any atom is 0.319 e. The van der Waals surface area contributed by atoms with Crippen molar-refractivity contribution in [2.75, 3.05) is 26.1 Å². The van der Waals surface area contributed by atoms with Crippen molar-refractivity contribution in [2.45, 2.75) is 38.9 Å². The van der Waals surface area contributed by atoms with E-state index in [9.17, 15) is 10.1 Å². The van der Waals surface area contributed by atoms with Crippen LogP contribution in [0.5, 0.6) is 11.5 Å². The number of nitrogens with one attached hydrogen (secondary N) is 2. The van der Waals surface area contributed by atoms with E-state index >= 15 is 0 Å². The van der Waals surface area contributed by atoms with Gasteiger partial charge in [0.1, 0.15) is 11.1 Å². The zero-order valence-electron chi connectivity index (χ0n) is 17.0. The zero-order chi connectivity index (χ0) is 21.0. The van der Waals surface area contributed by atoms with E-state index in [4.69, 9.17) is 14.2 Å². The predicted octanol–water partition coefficient (Wildman–Crippen LogP) is 3.85. The average Bonchev–Trinajstić information content (AvgIpc) is 3.02. The molecule has 2 aromatic rings. The topological polar surface area (TPSA) is 92.6 Å². The molecule has 0 bridgehead atoms. The van der Waals surface area contributed by atoms with E-state index in [1.165, 1.54) is 11.3 Å². The molecular formula is C21H25N3O4S. The summed E-state index contributed by atoms with van der Waals surface area (Å²) in [4.78, 5) is 13.3. The second kappa shape index (κ2) is 8.72. The maximum atomic E-state index is 12.3. The smallest absolute Gasteiger partial charge is 0.319 e. The Balaban J connectivity index is 1.59. The molecule has 3 rings (SSSR count). The number of methoxy groups -OCH3 is 2. The highest BCUT2D eigenvalue weighted by Gasteiger charge is 2.31. The minimum absolute atomic E-state index is 0.307. The molecule has 0 aliphatic carbocycles. The molecule has 29 heavy (non-hydrogen) atoms. The Kier molecular flexibility index (Phi) is 6.30. The molecule has 2 amide bonds. The number of nitriles is 1. The summed E-state index contributed by atoms with van der Waals surface area (Å²) < 4.78 is 16.3. The Labute approximate surface area is 174 Å². The van der Waals surface area contributed by atoms with Crippen molar-refractivity contribution in [1.29, 1.82) is 5.26 Å². The molecular weight excluding hydrogens is 390 g/mol. The molecule has 0 radical (unpaired) electrons. The van der Waals surface area contributed by atoms with Gasteiger partial charge >= 0.3 is 6.03 Å². The lowest BCUT2D eigenvalue weighted by Gasteiger charge is -2.29. The molecule has 1 aromatic heterocycles. The van der Waals surface area contributed by atoms with E-state index < -0.39 is 0 Å². The van der Waals surface area contributed by atoms with Gasteiger partial charge in [0.15, 0.2) is 11.5 Å². The van der Waals surface area contributed by atoms with Crippen LogP contribution in [0.25, 0.3) is 0 Å². The van der Waals surface area contributed by atoms with Crippen LogP contribution in [0.1, 0.15) is 35.4 Å². The third kappa shape index (κ3) is 4.81. The maximum absolute atomic E-state index is 12.3. The molecule has 0 unspecified atom stereocenters. The molecule has 154 valence electrons. The van der Waals surface area contributed by atoms with Gasteiger partial charge < -0.3 is 19.5 Å². The van der Waals surface area contributed by atoms with Crippen LogP contribution in [0.4, 0.5) is 9.80 Å². The number of benzene rings is 1. The first-order chi connectivity index (χ1) is 13.9. The first-order valence-electron chi connectivity index (χ1n) is 9.31. The van der Waals surface area contributed by atoms with E-state index in [2.05, 4.69) is 16.7 Å². The van der Waals surface area contributed by atoms with Gasteiger partial charge in [-0.25, -0.2) is 4.79 Å². The third-order valence-electron chi connectivity index (χ3n) is 4.77. The number of hydrogen-bond donors (Lipinski definition) is 2. The number of ether oxygens (including phenoxy) is 3. The van der Waals surface area contributed by atoms with Crippen LogP contribution in [-0.2, 0) is 24.2 Å². The summed E-state index contributed by atoms with van der Waals surface area (Å²) in [6.07, 6.45) is 1.30. The number of nitrogens with zero attached hydrogens (tertiary/aromatic N) is 1. The van der Waals surface area contributed by atoms with Gasteiger partial charge in [-0.15, -0.1) is 11.3 Å². The summed E-state index contributed by atoms with van der Waals surface area (Å²) in [6.45, 7) is 4.92. The number of rotatable bonds is 6. The number of anilines is 1. The van der Waals surface area contributed by atoms with Crippen LogP contribution in [0.3, 0.4) is 0 Å². The summed E-state index contributed by atoms with van der Waals surface area (Å²) in [6, 6.07) is 7.57. The summed E-state index contributed by atoms with van der Waals surface area (Å²) in [5, 5.41) is 15.8. The quantitative estimate of drug-likeness (QED) is 0.748. The van der Waals surface area contributed by atoms with E-state index in [-0.39, 0.29) is 11.6 Å². The molecule has 2 N–H and O–H groups in total. The van der Waals surface area contributed by atoms with E-state index in [0.29, 0.717) is 48.1 Å². The third-order valence-corrected chi connectivity index (χ3v) is 5.89. The van der Waals surface area contributed by atoms with Gasteiger partial charge in [-0.2, -0.15) is 5.26 Å². The molecule has 1 aliphatic rings. The first-order valence-corrected chi connectivity index (χ1v) is 10.1. The largest absolute Gasteiger partial charge is 0.493 e. The van der Waals surface area contributed by atoms with Crippen LogP contribution in [-0.4, -0.2) is 32.4 Å². The summed E-state index contributed by atoms with van der Waals surface area (Å²) in [5.41, 5.74) is 2.23. The van der Waals surface area contributed by atoms with Crippen molar-refractivity contribution in [1.82, 2.24) is 5.32 Å². The second-order valence-electron chi connectivity index (χ2n) is 7.37. The van der Waals surface area contributed by atoms with Gasteiger partial charge in [0.2, 0.25) is 0 Å². The van der Waals surface area contributed by atoms with E-state index in [1.54, 1.807) is 14.2 Å². The Bertz CT molecular complexity index is 946. The predicted molar refractivity (Wildman–Crippen MR) is 112 cm³/mol. The molecule has 7 nitrogen and oxygen atoms in total. The summed E-state index contributed by atoms with van der Waals surface area (Å²) >= 11 is 1.40. The monoisotopic (exact) mass is 415 g/mol. The van der Waals surface area contributed by atoms with Crippen molar-refractivity contribution in [3.63, 3.8) is 0 Å². The highest BCUT2D eigenvalue weighted by Crippen LogP contribution is 2.39. The fourth-order valence-electron chi connectivity index (χ4n) is 3.26. The van der Waals surface area contributed by atoms with Crippen molar-refractivity contribution in [3.05, 3.63) is 39.8 Å². The van der Waals surface area contributed by atoms with Crippen molar-refractivity contribution < 1.29 is 19.0 Å². The normalized spacial score (nSPS) is 14.4. The van der Waals surface area contributed by atoms with Crippen LogP contribution < -0.4 is 20.1 Å². The lowest BCUT2D eigenvalue weighted by molar-refractivity contribution is -0.0383. The molecule has 0 spiro atoms. The fraction of sp³-hybridized carbons (Fsp3) is 0.429. The second-order valence-corrected chi connectivity index (χ2v) is 8.47. The first kappa shape index (κ1) is 21.0. The molecule has 0 saturated heterocycles. The summed E-state index contributed by atoms with van der Waals surface area (Å²) in [7, 11) is 3.18. The van der Waals surface area contributed by atoms with Gasteiger partial charge in [-0.05, 0) is 43.5 Å². The van der Waals surface area contributed by atoms with Gasteiger partial charge in [-0.3, -0.25) is 5.32 Å². The van der Waals surface area contributed by atoms with E-state index in [1.807, 2.05) is 32.0 Å². The number of carbonyl (C=O) groups is 1. The molecule has 0 saturated carbocycles. The van der Waals surface area contributed by atoms with Crippen LogP contribution in [0, 0.1) is 11.3 Å². The molecule has 0 fully saturated rings. The summed E-state index contributed by atoms with van der Waals surface area (Å²) in [5.74, 6) is 1.32. The molecule has 2 heterocycles. The van der Waals surface area contributed by atoms with Crippen LogP contribution in [0.2, 0.25) is 0 Å². The van der Waals surface area contributed by atoms with Crippen LogP contribution in [0.15, 0.2) is 18.2 Å². The SMILES string of the molecule is COc1ccc(CCNC(=O)Nc2sc3c(c2C#N)CC(C)(C)OC3)cc1OC. The average molecular weight is 416 g/mol. The molecule has 1 aliphatic heterocycles. The van der Waals surface area contributed by atoms with Gasteiger partial charge in [0.05, 0.1) is 32.0 Å². The lowest BCUT2D eigenvalue weighted by Crippen LogP contribution is -2.31. The van der Waals surface area contributed by atoms with E-state index in [0.717, 1.165) is 16.0 Å². The Morgan fingerprint density at radius 2 is 2.07 bits per heavy atom. The Morgan fingerprint density at radius 3 is 2.76 bits per heavy atom. The number of carbonyl (C=O) groups excluding carboxylic acids is 1. The Hall–Kier alpha value is -2.76. The highest BCUT2D eigenvalue weighted by atomic mass is 32.1. The molecule has 8 heteroatoms. The number of thiophene rings is 1. The van der Waals surface area contributed by atoms with Gasteiger partial charge in [0.25, 0.3) is 0 Å². The fourth-order valence-corrected chi connectivity index (χ4v) is 4.34. The van der Waals surface area contributed by atoms with Crippen LogP contribution >= 0.6 is 11.3 Å². The lowest BCUT2D eigenvalue weighted by atomic mass is 9.93. The number of urea groups is 1. The van der Waals surface area contributed by atoms with Gasteiger partial charge in [-0.1, -0.05) is 6.07 Å². The van der Waals surface area contributed by atoms with Gasteiger partial charge in [0, 0.05) is 17.8 Å². The number of hydrogen-bond acceptors (Lipinski definition) is 6. The van der Waals surface area contributed by atoms with Crippen molar-refractivity contribution in [3.8, 4) is 17.6 Å². The standard InChI is InChI=1S/C21H25N3O4S/c1-21(2)10-14-15(11-22)19(29-18(14)12-28-21)24-20(25)23-8-7-13-5-6-16(26-3)17(9-13)27-4/h5-6,9H,7-8,10,12H2,1-4H3,(H2,23,24,25). The zero-order valence-corrected chi connectivity index (χ0v) is 17.9. The number of fused-ring (bicyclic) bond motifs is 1. The highest BCUT2D eigenvalue weighted by molar-refractivity contribution is 7.16. The number of amides is 2. The molecule has 0 atom stereocenters. The minimum atomic E-state index is -0.333. The van der Waals surface area contributed by atoms with Crippen molar-refractivity contribution >= 4 is 22.4 Å². The Morgan fingerprint density at radius 1 is 1.31 bits per heavy atom. The molecule has 1 aromatic carbocycles.